The molecule has 114 valence electrons. The van der Waals surface area contributed by atoms with Gasteiger partial charge in [0, 0.05) is 37.4 Å². The molecule has 1 saturated heterocycles. The van der Waals surface area contributed by atoms with Crippen LogP contribution in [-0.4, -0.2) is 49.4 Å². The smallest absolute Gasteiger partial charge is 0.213 e. The van der Waals surface area contributed by atoms with Crippen molar-refractivity contribution in [2.24, 2.45) is 5.11 Å². The van der Waals surface area contributed by atoms with Crippen LogP contribution in [0, 0.1) is 0 Å². The number of hydrogen-bond donors (Lipinski definition) is 0. The molecule has 0 aromatic carbocycles. The van der Waals surface area contributed by atoms with Crippen LogP contribution >= 0.6 is 0 Å². The Balaban J connectivity index is 2.01. The average molecular weight is 300 g/mol. The maximum absolute atomic E-state index is 8.68. The van der Waals surface area contributed by atoms with E-state index in [2.05, 4.69) is 24.9 Å². The summed E-state index contributed by atoms with van der Waals surface area (Å²) >= 11 is 0. The molecule has 8 nitrogen and oxygen atoms in total. The lowest BCUT2D eigenvalue weighted by Crippen LogP contribution is -2.23. The summed E-state index contributed by atoms with van der Waals surface area (Å²) in [6.45, 7) is 1.22. The largest absolute Gasteiger partial charge is 0.481 e. The number of aromatic nitrogens is 2. The molecule has 0 spiro atoms. The molecule has 1 fully saturated rings. The summed E-state index contributed by atoms with van der Waals surface area (Å²) in [5, 5.41) is 3.82. The van der Waals surface area contributed by atoms with E-state index in [0.717, 1.165) is 16.7 Å². The van der Waals surface area contributed by atoms with Crippen LogP contribution in [0.3, 0.4) is 0 Å². The first-order chi connectivity index (χ1) is 10.8. The zero-order chi connectivity index (χ0) is 15.5. The Bertz CT molecular complexity index is 730. The summed E-state index contributed by atoms with van der Waals surface area (Å²) in [7, 11) is 3.21. The van der Waals surface area contributed by atoms with Crippen molar-refractivity contribution in [2.45, 2.75) is 12.1 Å². The molecule has 0 amide bonds. The zero-order valence-corrected chi connectivity index (χ0v) is 12.4. The summed E-state index contributed by atoms with van der Waals surface area (Å²) < 4.78 is 10.6. The monoisotopic (exact) mass is 300 g/mol. The molecule has 3 heterocycles. The van der Waals surface area contributed by atoms with Crippen LogP contribution < -0.4 is 9.64 Å². The normalized spacial score (nSPS) is 20.9. The van der Waals surface area contributed by atoms with Crippen LogP contribution in [0.4, 0.5) is 5.69 Å². The first kappa shape index (κ1) is 14.4. The number of anilines is 1. The third-order valence-electron chi connectivity index (χ3n) is 3.83. The quantitative estimate of drug-likeness (QED) is 0.489. The lowest BCUT2D eigenvalue weighted by molar-refractivity contribution is 0.108. The van der Waals surface area contributed by atoms with Gasteiger partial charge in [-0.15, -0.1) is 0 Å². The molecule has 0 N–H and O–H groups in total. The minimum Gasteiger partial charge on any atom is -0.481 e. The van der Waals surface area contributed by atoms with Crippen LogP contribution in [0.15, 0.2) is 29.5 Å². The molecule has 8 heteroatoms. The third kappa shape index (κ3) is 2.49. The van der Waals surface area contributed by atoms with Gasteiger partial charge in [-0.3, -0.25) is 4.98 Å². The van der Waals surface area contributed by atoms with Crippen LogP contribution in [0.2, 0.25) is 0 Å². The lowest BCUT2D eigenvalue weighted by Gasteiger charge is -2.19. The van der Waals surface area contributed by atoms with E-state index in [-0.39, 0.29) is 12.1 Å². The van der Waals surface area contributed by atoms with Gasteiger partial charge >= 0.3 is 0 Å². The standard InChI is InChI=1S/C14H16N6O2/c1-21-12-8-20(7-10(12)18-19-15)11-5-6-16-9-3-4-13(22-2)17-14(9)11/h3-6,10,12H,7-8H2,1-2H3/t10-,12-/m1/s1. The molecular formula is C14H16N6O2. The maximum atomic E-state index is 8.68. The number of hydrogen-bond acceptors (Lipinski definition) is 6. The van der Waals surface area contributed by atoms with Gasteiger partial charge in [0.2, 0.25) is 5.88 Å². The van der Waals surface area contributed by atoms with E-state index in [0.29, 0.717) is 19.0 Å². The highest BCUT2D eigenvalue weighted by Crippen LogP contribution is 2.29. The van der Waals surface area contributed by atoms with Crippen molar-refractivity contribution in [3.05, 3.63) is 34.8 Å². The van der Waals surface area contributed by atoms with Gasteiger partial charge in [0.1, 0.15) is 5.52 Å². The minimum atomic E-state index is -0.219. The molecular weight excluding hydrogens is 284 g/mol. The Kier molecular flexibility index (Phi) is 3.95. The predicted octanol–water partition coefficient (Wildman–Crippen LogP) is 2.15. The van der Waals surface area contributed by atoms with Crippen molar-refractivity contribution in [2.75, 3.05) is 32.2 Å². The molecule has 1 aliphatic heterocycles. The fourth-order valence-electron chi connectivity index (χ4n) is 2.72. The number of methoxy groups -OCH3 is 2. The number of pyridine rings is 2. The van der Waals surface area contributed by atoms with Crippen LogP contribution in [-0.2, 0) is 4.74 Å². The van der Waals surface area contributed by atoms with E-state index in [1.54, 1.807) is 26.5 Å². The van der Waals surface area contributed by atoms with Crippen molar-refractivity contribution < 1.29 is 9.47 Å². The molecule has 0 aliphatic carbocycles. The van der Waals surface area contributed by atoms with Gasteiger partial charge in [0.05, 0.1) is 30.5 Å². The Morgan fingerprint density at radius 2 is 2.18 bits per heavy atom. The summed E-state index contributed by atoms with van der Waals surface area (Å²) in [5.41, 5.74) is 11.2. The van der Waals surface area contributed by atoms with Crippen molar-refractivity contribution in [3.63, 3.8) is 0 Å². The van der Waals surface area contributed by atoms with E-state index in [9.17, 15) is 0 Å². The van der Waals surface area contributed by atoms with E-state index in [1.807, 2.05) is 12.1 Å². The number of rotatable bonds is 4. The summed E-state index contributed by atoms with van der Waals surface area (Å²) in [6.07, 6.45) is 1.61. The van der Waals surface area contributed by atoms with Crippen molar-refractivity contribution in [1.29, 1.82) is 0 Å². The highest BCUT2D eigenvalue weighted by molar-refractivity contribution is 5.88. The zero-order valence-electron chi connectivity index (χ0n) is 12.4. The van der Waals surface area contributed by atoms with Crippen LogP contribution in [0.25, 0.3) is 21.5 Å². The van der Waals surface area contributed by atoms with E-state index in [1.165, 1.54) is 0 Å². The second-order valence-corrected chi connectivity index (χ2v) is 5.00. The van der Waals surface area contributed by atoms with Gasteiger partial charge < -0.3 is 14.4 Å². The van der Waals surface area contributed by atoms with Crippen LogP contribution in [0.5, 0.6) is 5.88 Å². The molecule has 1 aliphatic rings. The summed E-state index contributed by atoms with van der Waals surface area (Å²) in [6, 6.07) is 5.34. The average Bonchev–Trinajstić information content (AvgIpc) is 2.97. The second kappa shape index (κ2) is 6.05. The molecule has 0 saturated carbocycles. The first-order valence-corrected chi connectivity index (χ1v) is 6.88. The van der Waals surface area contributed by atoms with Gasteiger partial charge in [-0.1, -0.05) is 5.11 Å². The Hall–Kier alpha value is -2.57. The second-order valence-electron chi connectivity index (χ2n) is 5.00. The highest BCUT2D eigenvalue weighted by atomic mass is 16.5. The topological polar surface area (TPSA) is 96.2 Å². The van der Waals surface area contributed by atoms with E-state index >= 15 is 0 Å². The fourth-order valence-corrected chi connectivity index (χ4v) is 2.72. The van der Waals surface area contributed by atoms with Gasteiger partial charge in [-0.25, -0.2) is 4.98 Å². The van der Waals surface area contributed by atoms with Gasteiger partial charge in [-0.2, -0.15) is 0 Å². The van der Waals surface area contributed by atoms with Gasteiger partial charge in [-0.05, 0) is 17.7 Å². The van der Waals surface area contributed by atoms with Gasteiger partial charge in [0.25, 0.3) is 0 Å². The molecule has 0 unspecified atom stereocenters. The maximum Gasteiger partial charge on any atom is 0.213 e. The lowest BCUT2D eigenvalue weighted by atomic mass is 10.2. The number of azide groups is 1. The van der Waals surface area contributed by atoms with Gasteiger partial charge in [0.15, 0.2) is 0 Å². The Labute approximate surface area is 127 Å². The molecule has 22 heavy (non-hydrogen) atoms. The summed E-state index contributed by atoms with van der Waals surface area (Å²) in [5.74, 6) is 0.538. The van der Waals surface area contributed by atoms with Crippen molar-refractivity contribution in [1.82, 2.24) is 9.97 Å². The highest BCUT2D eigenvalue weighted by Gasteiger charge is 2.33. The molecule has 0 bridgehead atoms. The SMILES string of the molecule is COc1ccc2nccc(N3C[C@@H](N=[N+]=[N-])[C@H](OC)C3)c2n1. The van der Waals surface area contributed by atoms with Crippen molar-refractivity contribution in [3.8, 4) is 5.88 Å². The fraction of sp³-hybridized carbons (Fsp3) is 0.429. The predicted molar refractivity (Wildman–Crippen MR) is 82.0 cm³/mol. The number of nitrogens with zero attached hydrogens (tertiary/aromatic N) is 6. The molecule has 2 aromatic rings. The van der Waals surface area contributed by atoms with Crippen molar-refractivity contribution >= 4 is 16.7 Å². The molecule has 0 radical (unpaired) electrons. The minimum absolute atomic E-state index is 0.135. The Morgan fingerprint density at radius 3 is 2.91 bits per heavy atom. The Morgan fingerprint density at radius 1 is 1.32 bits per heavy atom. The van der Waals surface area contributed by atoms with Crippen LogP contribution in [0.1, 0.15) is 0 Å². The molecule has 3 rings (SSSR count). The van der Waals surface area contributed by atoms with E-state index < -0.39 is 0 Å². The molecule has 2 aromatic heterocycles. The number of ether oxygens (including phenoxy) is 2. The summed E-state index contributed by atoms with van der Waals surface area (Å²) in [4.78, 5) is 13.8. The van der Waals surface area contributed by atoms with E-state index in [4.69, 9.17) is 15.0 Å². The third-order valence-corrected chi connectivity index (χ3v) is 3.83. The first-order valence-electron chi connectivity index (χ1n) is 6.88. The number of fused-ring (bicyclic) bond motifs is 1. The molecule has 2 atom stereocenters.